The molecule has 2 atom stereocenters. The number of benzene rings is 1. The van der Waals surface area contributed by atoms with Crippen molar-refractivity contribution in [2.24, 2.45) is 11.3 Å². The third kappa shape index (κ3) is 2.94. The molecule has 150 valence electrons. The van der Waals surface area contributed by atoms with E-state index in [4.69, 9.17) is 9.15 Å². The van der Waals surface area contributed by atoms with Gasteiger partial charge in [-0.1, -0.05) is 12.1 Å². The summed E-state index contributed by atoms with van der Waals surface area (Å²) in [6, 6.07) is 5.07. The van der Waals surface area contributed by atoms with Gasteiger partial charge in [-0.15, -0.1) is 0 Å². The summed E-state index contributed by atoms with van der Waals surface area (Å²) in [5.74, 6) is -0.332. The topological polar surface area (TPSA) is 110 Å². The van der Waals surface area contributed by atoms with Crippen LogP contribution in [0.15, 0.2) is 33.7 Å². The van der Waals surface area contributed by atoms with Crippen molar-refractivity contribution in [2.75, 3.05) is 26.3 Å². The van der Waals surface area contributed by atoms with Crippen molar-refractivity contribution < 1.29 is 27.5 Å². The molecule has 0 bridgehead atoms. The fourth-order valence-corrected chi connectivity index (χ4v) is 5.91. The Labute approximate surface area is 163 Å². The molecule has 0 radical (unpaired) electrons. The van der Waals surface area contributed by atoms with E-state index in [1.165, 1.54) is 4.31 Å². The molecule has 2 aliphatic rings. The number of hydrogen-bond donors (Lipinski definition) is 1. The quantitative estimate of drug-likeness (QED) is 0.827. The maximum atomic E-state index is 13.4. The first-order valence-electron chi connectivity index (χ1n) is 9.09. The second-order valence-corrected chi connectivity index (χ2v) is 9.41. The van der Waals surface area contributed by atoms with Crippen LogP contribution in [0.1, 0.15) is 17.9 Å². The molecular formula is C19H22N2O6S. The minimum absolute atomic E-state index is 0.0379. The fourth-order valence-electron chi connectivity index (χ4n) is 4.10. The van der Waals surface area contributed by atoms with Crippen LogP contribution < -0.4 is 0 Å². The average Bonchev–Trinajstić information content (AvgIpc) is 3.26. The van der Waals surface area contributed by atoms with Crippen LogP contribution in [-0.4, -0.2) is 55.1 Å². The van der Waals surface area contributed by atoms with Crippen molar-refractivity contribution in [1.82, 2.24) is 9.29 Å². The van der Waals surface area contributed by atoms with Crippen molar-refractivity contribution in [2.45, 2.75) is 25.2 Å². The Hall–Kier alpha value is -2.23. The van der Waals surface area contributed by atoms with Crippen LogP contribution in [0.5, 0.6) is 0 Å². The van der Waals surface area contributed by atoms with Gasteiger partial charge in [-0.05, 0) is 25.0 Å². The van der Waals surface area contributed by atoms with Crippen molar-refractivity contribution >= 4 is 16.0 Å². The largest absolute Gasteiger partial charge is 0.481 e. The fraction of sp³-hybridized carbons (Fsp3) is 0.474. The Morgan fingerprint density at radius 1 is 1.36 bits per heavy atom. The first-order valence-corrected chi connectivity index (χ1v) is 10.5. The molecule has 0 spiro atoms. The number of rotatable bonds is 4. The lowest BCUT2D eigenvalue weighted by molar-refractivity contribution is -0.157. The second kappa shape index (κ2) is 6.68. The molecule has 8 nitrogen and oxygen atoms in total. The molecule has 2 saturated heterocycles. The highest BCUT2D eigenvalue weighted by Crippen LogP contribution is 2.44. The number of carboxylic acid groups (broad SMARTS) is 1. The predicted molar refractivity (Wildman–Crippen MR) is 99.2 cm³/mol. The Bertz CT molecular complexity index is 1030. The van der Waals surface area contributed by atoms with E-state index in [2.05, 4.69) is 4.98 Å². The minimum atomic E-state index is -3.87. The van der Waals surface area contributed by atoms with Crippen molar-refractivity contribution in [3.8, 4) is 11.3 Å². The van der Waals surface area contributed by atoms with E-state index in [0.29, 0.717) is 35.8 Å². The highest BCUT2D eigenvalue weighted by molar-refractivity contribution is 7.89. The molecule has 1 aromatic carbocycles. The van der Waals surface area contributed by atoms with Crippen LogP contribution in [0, 0.1) is 25.2 Å². The van der Waals surface area contributed by atoms with Gasteiger partial charge in [-0.25, -0.2) is 13.4 Å². The molecule has 2 fully saturated rings. The van der Waals surface area contributed by atoms with Crippen LogP contribution in [0.4, 0.5) is 0 Å². The van der Waals surface area contributed by atoms with Crippen molar-refractivity contribution in [3.05, 3.63) is 35.9 Å². The number of hydrogen-bond acceptors (Lipinski definition) is 6. The molecule has 4 rings (SSSR count). The molecule has 28 heavy (non-hydrogen) atoms. The van der Waals surface area contributed by atoms with Crippen LogP contribution in [0.2, 0.25) is 0 Å². The van der Waals surface area contributed by atoms with Gasteiger partial charge < -0.3 is 14.3 Å². The molecule has 1 N–H and O–H groups in total. The lowest BCUT2D eigenvalue weighted by Crippen LogP contribution is -2.45. The summed E-state index contributed by atoms with van der Waals surface area (Å²) in [5, 5.41) is 9.81. The maximum absolute atomic E-state index is 13.4. The molecular weight excluding hydrogens is 384 g/mol. The number of carboxylic acids is 1. The number of nitrogens with zero attached hydrogens (tertiary/aromatic N) is 2. The number of aromatic nitrogens is 1. The van der Waals surface area contributed by atoms with Crippen LogP contribution >= 0.6 is 0 Å². The maximum Gasteiger partial charge on any atom is 0.311 e. The van der Waals surface area contributed by atoms with Gasteiger partial charge in [0.2, 0.25) is 10.0 Å². The van der Waals surface area contributed by atoms with Gasteiger partial charge in [0.25, 0.3) is 0 Å². The van der Waals surface area contributed by atoms with E-state index in [9.17, 15) is 18.3 Å². The molecule has 0 amide bonds. The monoisotopic (exact) mass is 406 g/mol. The first-order chi connectivity index (χ1) is 13.2. The highest BCUT2D eigenvalue weighted by Gasteiger charge is 2.56. The smallest absolute Gasteiger partial charge is 0.311 e. The summed E-state index contributed by atoms with van der Waals surface area (Å²) in [5.41, 5.74) is 0.118. The van der Waals surface area contributed by atoms with Gasteiger partial charge in [0, 0.05) is 38.1 Å². The summed E-state index contributed by atoms with van der Waals surface area (Å²) >= 11 is 0. The summed E-state index contributed by atoms with van der Waals surface area (Å²) in [4.78, 5) is 16.2. The van der Waals surface area contributed by atoms with Crippen LogP contribution in [-0.2, 0) is 19.6 Å². The number of aliphatic carboxylic acids is 1. The molecule has 0 saturated carbocycles. The Morgan fingerprint density at radius 3 is 2.79 bits per heavy atom. The molecule has 0 aliphatic carbocycles. The predicted octanol–water partition coefficient (Wildman–Crippen LogP) is 2.07. The number of sulfonamides is 1. The molecule has 0 unspecified atom stereocenters. The zero-order chi connectivity index (χ0) is 20.1. The Morgan fingerprint density at radius 2 is 2.14 bits per heavy atom. The molecule has 1 aromatic heterocycles. The van der Waals surface area contributed by atoms with Gasteiger partial charge in [0.1, 0.15) is 0 Å². The number of carbonyl (C=O) groups is 1. The van der Waals surface area contributed by atoms with Crippen molar-refractivity contribution in [1.29, 1.82) is 0 Å². The third-order valence-electron chi connectivity index (χ3n) is 5.81. The highest BCUT2D eigenvalue weighted by atomic mass is 32.2. The normalized spacial score (nSPS) is 25.6. The summed E-state index contributed by atoms with van der Waals surface area (Å²) in [7, 11) is -3.87. The standard InChI is InChI=1S/C19H22N2O6S/c1-12-3-4-14(16-8-20-13(2)27-16)7-17(12)28(24,25)21-9-15-10-26-6-5-19(15,11-21)18(22)23/h3-4,7-8,15H,5-6,9-11H2,1-2H3,(H,22,23)/t15-,19+/m1/s1. The van der Waals surface area contributed by atoms with E-state index < -0.39 is 21.4 Å². The Balaban J connectivity index is 1.72. The molecule has 2 aliphatic heterocycles. The second-order valence-electron chi connectivity index (χ2n) is 7.50. The van der Waals surface area contributed by atoms with Crippen molar-refractivity contribution in [3.63, 3.8) is 0 Å². The third-order valence-corrected chi connectivity index (χ3v) is 7.77. The zero-order valence-electron chi connectivity index (χ0n) is 15.7. The van der Waals surface area contributed by atoms with Gasteiger partial charge in [-0.2, -0.15) is 4.31 Å². The molecule has 3 heterocycles. The van der Waals surface area contributed by atoms with E-state index in [-0.39, 0.29) is 30.5 Å². The van der Waals surface area contributed by atoms with Crippen LogP contribution in [0.25, 0.3) is 11.3 Å². The van der Waals surface area contributed by atoms with E-state index in [0.717, 1.165) is 0 Å². The number of ether oxygens (including phenoxy) is 1. The van der Waals surface area contributed by atoms with E-state index >= 15 is 0 Å². The van der Waals surface area contributed by atoms with Gasteiger partial charge in [0.15, 0.2) is 11.7 Å². The average molecular weight is 406 g/mol. The number of oxazole rings is 1. The van der Waals surface area contributed by atoms with Gasteiger partial charge in [-0.3, -0.25) is 4.79 Å². The summed E-state index contributed by atoms with van der Waals surface area (Å²) in [6.45, 7) is 4.13. The molecule has 9 heteroatoms. The van der Waals surface area contributed by atoms with Crippen LogP contribution in [0.3, 0.4) is 0 Å². The number of aryl methyl sites for hydroxylation is 2. The van der Waals surface area contributed by atoms with Gasteiger partial charge >= 0.3 is 5.97 Å². The SMILES string of the molecule is Cc1ncc(-c2ccc(C)c(S(=O)(=O)N3C[C@@H]4COCC[C@]4(C(=O)O)C3)c2)o1. The minimum Gasteiger partial charge on any atom is -0.481 e. The van der Waals surface area contributed by atoms with Gasteiger partial charge in [0.05, 0.1) is 23.1 Å². The van der Waals surface area contributed by atoms with E-state index in [1.807, 2.05) is 0 Å². The molecule has 2 aromatic rings. The zero-order valence-corrected chi connectivity index (χ0v) is 16.5. The lowest BCUT2D eigenvalue weighted by Gasteiger charge is -2.34. The Kier molecular flexibility index (Phi) is 4.56. The van der Waals surface area contributed by atoms with E-state index in [1.54, 1.807) is 38.2 Å². The summed E-state index contributed by atoms with van der Waals surface area (Å²) in [6.07, 6.45) is 1.87. The summed E-state index contributed by atoms with van der Waals surface area (Å²) < 4.78 is 39.0. The lowest BCUT2D eigenvalue weighted by atomic mass is 9.74. The number of fused-ring (bicyclic) bond motifs is 1. The first kappa shape index (κ1) is 19.1.